The van der Waals surface area contributed by atoms with Gasteiger partial charge in [-0.1, -0.05) is 18.2 Å². The summed E-state index contributed by atoms with van der Waals surface area (Å²) in [6.07, 6.45) is 1.84. The Bertz CT molecular complexity index is 888. The molecule has 128 valence electrons. The van der Waals surface area contributed by atoms with Crippen molar-refractivity contribution in [2.24, 2.45) is 0 Å². The minimum Gasteiger partial charge on any atom is -0.493 e. The molecule has 0 fully saturated rings. The van der Waals surface area contributed by atoms with Crippen molar-refractivity contribution < 1.29 is 9.53 Å². The minimum absolute atomic E-state index is 0.157. The van der Waals surface area contributed by atoms with Gasteiger partial charge in [-0.05, 0) is 38.1 Å². The molecule has 0 unspecified atom stereocenters. The first-order valence-corrected chi connectivity index (χ1v) is 7.99. The molecular weight excluding hydrogens is 316 g/mol. The maximum atomic E-state index is 12.5. The van der Waals surface area contributed by atoms with Crippen LogP contribution in [0.5, 0.6) is 5.75 Å². The number of para-hydroxylation sites is 1. The first-order valence-electron chi connectivity index (χ1n) is 7.99. The molecule has 0 spiro atoms. The molecule has 0 saturated carbocycles. The topological polar surface area (TPSA) is 69.0 Å². The number of nitrogens with one attached hydrogen (secondary N) is 1. The number of aromatic nitrogens is 3. The van der Waals surface area contributed by atoms with Crippen LogP contribution in [0.15, 0.2) is 48.7 Å². The van der Waals surface area contributed by atoms with Crippen molar-refractivity contribution in [1.29, 1.82) is 0 Å². The summed E-state index contributed by atoms with van der Waals surface area (Å²) in [5.41, 5.74) is 3.67. The molecule has 0 saturated heterocycles. The maximum absolute atomic E-state index is 12.5. The lowest BCUT2D eigenvalue weighted by Gasteiger charge is -2.09. The van der Waals surface area contributed by atoms with Crippen molar-refractivity contribution in [1.82, 2.24) is 14.8 Å². The molecule has 0 aliphatic carbocycles. The molecule has 0 bridgehead atoms. The smallest absolute Gasteiger partial charge is 0.230 e. The summed E-state index contributed by atoms with van der Waals surface area (Å²) < 4.78 is 7.07. The molecule has 1 N–H and O–H groups in total. The lowest BCUT2D eigenvalue weighted by molar-refractivity contribution is -0.115. The summed E-state index contributed by atoms with van der Waals surface area (Å²) in [4.78, 5) is 16.6. The van der Waals surface area contributed by atoms with Gasteiger partial charge >= 0.3 is 0 Å². The van der Waals surface area contributed by atoms with E-state index in [1.165, 1.54) is 0 Å². The van der Waals surface area contributed by atoms with Gasteiger partial charge < -0.3 is 10.1 Å². The zero-order valence-electron chi connectivity index (χ0n) is 14.5. The average molecular weight is 336 g/mol. The number of ether oxygens (including phenoxy) is 1. The normalized spacial score (nSPS) is 10.5. The highest BCUT2D eigenvalue weighted by atomic mass is 16.5. The number of methoxy groups -OCH3 is 1. The van der Waals surface area contributed by atoms with Gasteiger partial charge in [-0.25, -0.2) is 9.67 Å². The Morgan fingerprint density at radius 1 is 1.16 bits per heavy atom. The lowest BCUT2D eigenvalue weighted by atomic mass is 10.1. The SMILES string of the molecule is COc1cccnc1NC(=O)Cc1c(C)nn(-c2ccccc2)c1C. The molecule has 2 heterocycles. The largest absolute Gasteiger partial charge is 0.493 e. The van der Waals surface area contributed by atoms with Gasteiger partial charge in [-0.15, -0.1) is 0 Å². The van der Waals surface area contributed by atoms with E-state index in [1.807, 2.05) is 48.9 Å². The highest BCUT2D eigenvalue weighted by molar-refractivity contribution is 5.92. The van der Waals surface area contributed by atoms with Crippen LogP contribution in [0.1, 0.15) is 17.0 Å². The van der Waals surface area contributed by atoms with E-state index in [-0.39, 0.29) is 12.3 Å². The van der Waals surface area contributed by atoms with Crippen molar-refractivity contribution in [3.8, 4) is 11.4 Å². The summed E-state index contributed by atoms with van der Waals surface area (Å²) in [7, 11) is 1.55. The van der Waals surface area contributed by atoms with Crippen LogP contribution >= 0.6 is 0 Å². The minimum atomic E-state index is -0.157. The van der Waals surface area contributed by atoms with E-state index in [4.69, 9.17) is 4.74 Å². The molecule has 6 nitrogen and oxygen atoms in total. The summed E-state index contributed by atoms with van der Waals surface area (Å²) in [5, 5.41) is 7.37. The molecule has 3 rings (SSSR count). The molecule has 6 heteroatoms. The Morgan fingerprint density at radius 2 is 1.92 bits per heavy atom. The second-order valence-electron chi connectivity index (χ2n) is 5.68. The Hall–Kier alpha value is -3.15. The van der Waals surface area contributed by atoms with Crippen molar-refractivity contribution in [2.45, 2.75) is 20.3 Å². The molecule has 1 amide bonds. The monoisotopic (exact) mass is 336 g/mol. The van der Waals surface area contributed by atoms with E-state index in [0.29, 0.717) is 11.6 Å². The van der Waals surface area contributed by atoms with Crippen molar-refractivity contribution in [3.05, 3.63) is 65.6 Å². The molecule has 2 aromatic heterocycles. The van der Waals surface area contributed by atoms with Crippen LogP contribution < -0.4 is 10.1 Å². The Morgan fingerprint density at radius 3 is 2.64 bits per heavy atom. The first kappa shape index (κ1) is 16.7. The van der Waals surface area contributed by atoms with Crippen LogP contribution in [0.3, 0.4) is 0 Å². The van der Waals surface area contributed by atoms with Crippen molar-refractivity contribution >= 4 is 11.7 Å². The predicted octanol–water partition coefficient (Wildman–Crippen LogP) is 3.07. The number of pyridine rings is 1. The van der Waals surface area contributed by atoms with Crippen molar-refractivity contribution in [3.63, 3.8) is 0 Å². The Balaban J connectivity index is 1.81. The van der Waals surface area contributed by atoms with Crippen LogP contribution in [0.25, 0.3) is 5.69 Å². The third-order valence-electron chi connectivity index (χ3n) is 4.03. The third kappa shape index (κ3) is 3.52. The second-order valence-corrected chi connectivity index (χ2v) is 5.68. The Kier molecular flexibility index (Phi) is 4.79. The molecule has 0 atom stereocenters. The summed E-state index contributed by atoms with van der Waals surface area (Å²) >= 11 is 0. The Labute approximate surface area is 146 Å². The zero-order chi connectivity index (χ0) is 17.8. The van der Waals surface area contributed by atoms with Crippen LogP contribution in [0.2, 0.25) is 0 Å². The molecule has 3 aromatic rings. The number of rotatable bonds is 5. The van der Waals surface area contributed by atoms with E-state index in [9.17, 15) is 4.79 Å². The van der Waals surface area contributed by atoms with E-state index in [0.717, 1.165) is 22.6 Å². The number of amides is 1. The summed E-state index contributed by atoms with van der Waals surface area (Å²) in [6.45, 7) is 3.88. The van der Waals surface area contributed by atoms with Crippen LogP contribution in [0.4, 0.5) is 5.82 Å². The van der Waals surface area contributed by atoms with E-state index in [1.54, 1.807) is 25.4 Å². The van der Waals surface area contributed by atoms with E-state index < -0.39 is 0 Å². The fourth-order valence-electron chi connectivity index (χ4n) is 2.74. The molecule has 0 radical (unpaired) electrons. The highest BCUT2D eigenvalue weighted by Crippen LogP contribution is 2.22. The fraction of sp³-hybridized carbons (Fsp3) is 0.211. The molecule has 0 aliphatic heterocycles. The lowest BCUT2D eigenvalue weighted by Crippen LogP contribution is -2.16. The number of hydrogen-bond acceptors (Lipinski definition) is 4. The van der Waals surface area contributed by atoms with Crippen molar-refractivity contribution in [2.75, 3.05) is 12.4 Å². The third-order valence-corrected chi connectivity index (χ3v) is 4.03. The molecular formula is C19H20N4O2. The first-order chi connectivity index (χ1) is 12.1. The highest BCUT2D eigenvalue weighted by Gasteiger charge is 2.17. The number of aryl methyl sites for hydroxylation is 1. The second kappa shape index (κ2) is 7.17. The summed E-state index contributed by atoms with van der Waals surface area (Å²) in [6, 6.07) is 13.4. The van der Waals surface area contributed by atoms with Crippen LogP contribution in [-0.2, 0) is 11.2 Å². The number of carbonyl (C=O) groups excluding carboxylic acids is 1. The van der Waals surface area contributed by atoms with Gasteiger partial charge in [0.1, 0.15) is 0 Å². The van der Waals surface area contributed by atoms with Gasteiger partial charge in [0.15, 0.2) is 11.6 Å². The van der Waals surface area contributed by atoms with Crippen LogP contribution in [0, 0.1) is 13.8 Å². The molecule has 0 aliphatic rings. The maximum Gasteiger partial charge on any atom is 0.230 e. The quantitative estimate of drug-likeness (QED) is 0.777. The standard InChI is InChI=1S/C19H20N4O2/c1-13-16(14(2)23(22-13)15-8-5-4-6-9-15)12-18(24)21-19-17(25-3)10-7-11-20-19/h4-11H,12H2,1-3H3,(H,20,21,24). The number of hydrogen-bond donors (Lipinski definition) is 1. The summed E-state index contributed by atoms with van der Waals surface area (Å²) in [5.74, 6) is 0.792. The fourth-order valence-corrected chi connectivity index (χ4v) is 2.74. The number of anilines is 1. The number of benzene rings is 1. The van der Waals surface area contributed by atoms with Gasteiger partial charge in [0.05, 0.1) is 24.9 Å². The van der Waals surface area contributed by atoms with Gasteiger partial charge in [0, 0.05) is 17.5 Å². The predicted molar refractivity (Wildman–Crippen MR) is 96.2 cm³/mol. The van der Waals surface area contributed by atoms with E-state index >= 15 is 0 Å². The zero-order valence-corrected chi connectivity index (χ0v) is 14.5. The van der Waals surface area contributed by atoms with Gasteiger partial charge in [0.25, 0.3) is 0 Å². The molecule has 25 heavy (non-hydrogen) atoms. The van der Waals surface area contributed by atoms with Gasteiger partial charge in [-0.2, -0.15) is 5.10 Å². The van der Waals surface area contributed by atoms with Gasteiger partial charge in [0.2, 0.25) is 5.91 Å². The number of nitrogens with zero attached hydrogens (tertiary/aromatic N) is 3. The molecule has 1 aromatic carbocycles. The van der Waals surface area contributed by atoms with Crippen LogP contribution in [-0.4, -0.2) is 27.8 Å². The van der Waals surface area contributed by atoms with Gasteiger partial charge in [-0.3, -0.25) is 4.79 Å². The van der Waals surface area contributed by atoms with E-state index in [2.05, 4.69) is 15.4 Å². The average Bonchev–Trinajstić information content (AvgIpc) is 2.91. The number of carbonyl (C=O) groups is 1.